The van der Waals surface area contributed by atoms with Gasteiger partial charge in [-0.15, -0.1) is 0 Å². The summed E-state index contributed by atoms with van der Waals surface area (Å²) in [6, 6.07) is 1.14. The molecule has 0 aromatic heterocycles. The Bertz CT molecular complexity index is 855. The first-order chi connectivity index (χ1) is 18.7. The van der Waals surface area contributed by atoms with Gasteiger partial charge in [-0.05, 0) is 84.6 Å². The van der Waals surface area contributed by atoms with Gasteiger partial charge < -0.3 is 29.1 Å². The highest BCUT2D eigenvalue weighted by molar-refractivity contribution is 6.92. The van der Waals surface area contributed by atoms with E-state index in [0.717, 1.165) is 18.9 Å². The van der Waals surface area contributed by atoms with Crippen molar-refractivity contribution < 1.29 is 33.9 Å². The van der Waals surface area contributed by atoms with Gasteiger partial charge in [0.25, 0.3) is 0 Å². The van der Waals surface area contributed by atoms with Gasteiger partial charge in [-0.3, -0.25) is 0 Å². The highest BCUT2D eigenvalue weighted by atomic mass is 28.5. The molecule has 15 heteroatoms. The predicted octanol–water partition coefficient (Wildman–Crippen LogP) is 9.37. The first-order valence-corrected chi connectivity index (χ1v) is 35.0. The van der Waals surface area contributed by atoms with E-state index in [-0.39, 0.29) is 11.1 Å². The first kappa shape index (κ1) is 42.5. The van der Waals surface area contributed by atoms with E-state index in [2.05, 4.69) is 93.6 Å². The molecule has 42 heavy (non-hydrogen) atoms. The Morgan fingerprint density at radius 3 is 1.26 bits per heavy atom. The van der Waals surface area contributed by atoms with E-state index in [0.29, 0.717) is 0 Å². The second-order valence-electron chi connectivity index (χ2n) is 14.4. The van der Waals surface area contributed by atoms with Crippen molar-refractivity contribution in [1.29, 1.82) is 0 Å². The first-order valence-electron chi connectivity index (χ1n) is 15.8. The molecular weight excluding hydrogens is 649 g/mol. The SMILES string of the molecule is C=CC(=O)O[Si](O[Si](C)(C)O[Si](C)(C)O[Si](C)(C)O[Si](C)(C)O[Si](C)(C)O[Si](C)(C)CCCC)(C(C)CC)C(C)CC. The highest BCUT2D eigenvalue weighted by Gasteiger charge is 2.56. The second kappa shape index (κ2) is 16.4. The lowest BCUT2D eigenvalue weighted by Crippen LogP contribution is -2.63. The van der Waals surface area contributed by atoms with Gasteiger partial charge in [0.2, 0.25) is 0 Å². The van der Waals surface area contributed by atoms with E-state index in [1.807, 2.05) is 26.2 Å². The van der Waals surface area contributed by atoms with Crippen LogP contribution in [0, 0.1) is 0 Å². The fraction of sp³-hybridized carbons (Fsp3) is 0.889. The molecule has 2 atom stereocenters. The second-order valence-corrected chi connectivity index (χ2v) is 41.0. The normalized spacial score (nSPS) is 17.0. The summed E-state index contributed by atoms with van der Waals surface area (Å²) < 4.78 is 46.9. The molecule has 0 spiro atoms. The zero-order valence-corrected chi connectivity index (χ0v) is 37.2. The molecule has 0 heterocycles. The number of rotatable bonds is 21. The number of carbonyl (C=O) groups excluding carboxylic acids is 1. The van der Waals surface area contributed by atoms with Crippen LogP contribution in [0.4, 0.5) is 0 Å². The van der Waals surface area contributed by atoms with Crippen molar-refractivity contribution in [2.24, 2.45) is 0 Å². The van der Waals surface area contributed by atoms with Crippen molar-refractivity contribution in [3.63, 3.8) is 0 Å². The Labute approximate surface area is 267 Å². The smallest absolute Gasteiger partial charge is 0.398 e. The van der Waals surface area contributed by atoms with E-state index >= 15 is 0 Å². The molecule has 0 saturated heterocycles. The van der Waals surface area contributed by atoms with Crippen molar-refractivity contribution in [2.75, 3.05) is 0 Å². The van der Waals surface area contributed by atoms with Crippen molar-refractivity contribution in [2.45, 2.75) is 156 Å². The molecule has 0 bridgehead atoms. The van der Waals surface area contributed by atoms with E-state index in [1.165, 1.54) is 18.9 Å². The molecular formula is C27H66O8Si7. The molecule has 0 amide bonds. The molecule has 8 nitrogen and oxygen atoms in total. The van der Waals surface area contributed by atoms with E-state index in [1.54, 1.807) is 0 Å². The Morgan fingerprint density at radius 1 is 0.619 bits per heavy atom. The highest BCUT2D eigenvalue weighted by Crippen LogP contribution is 2.42. The summed E-state index contributed by atoms with van der Waals surface area (Å²) >= 11 is 0. The average Bonchev–Trinajstić information content (AvgIpc) is 2.76. The summed E-state index contributed by atoms with van der Waals surface area (Å²) in [4.78, 5) is 12.5. The topological polar surface area (TPSA) is 81.7 Å². The van der Waals surface area contributed by atoms with Gasteiger partial charge >= 0.3 is 57.3 Å². The summed E-state index contributed by atoms with van der Waals surface area (Å²) in [5.41, 5.74) is 0.195. The lowest BCUT2D eigenvalue weighted by atomic mass is 10.4. The van der Waals surface area contributed by atoms with Crippen LogP contribution >= 0.6 is 0 Å². The zero-order valence-electron chi connectivity index (χ0n) is 30.2. The number of hydrogen-bond donors (Lipinski definition) is 0. The molecule has 0 N–H and O–H groups in total. The molecule has 0 fully saturated rings. The van der Waals surface area contributed by atoms with Crippen molar-refractivity contribution >= 4 is 65.7 Å². The van der Waals surface area contributed by atoms with Gasteiger partial charge in [-0.1, -0.05) is 66.9 Å². The largest absolute Gasteiger partial charge is 0.491 e. The molecule has 0 rings (SSSR count). The molecule has 250 valence electrons. The molecule has 0 aliphatic rings. The molecule has 0 aromatic rings. The third-order valence-corrected chi connectivity index (χ3v) is 35.8. The van der Waals surface area contributed by atoms with Gasteiger partial charge in [0.05, 0.1) is 0 Å². The lowest BCUT2D eigenvalue weighted by molar-refractivity contribution is -0.131. The van der Waals surface area contributed by atoms with Crippen LogP contribution < -0.4 is 0 Å². The van der Waals surface area contributed by atoms with Crippen LogP contribution in [0.5, 0.6) is 0 Å². The summed E-state index contributed by atoms with van der Waals surface area (Å²) in [6.07, 6.45) is 5.28. The maximum Gasteiger partial charge on any atom is 0.398 e. The number of unbranched alkanes of at least 4 members (excludes halogenated alkanes) is 1. The van der Waals surface area contributed by atoms with Crippen LogP contribution in [0.25, 0.3) is 0 Å². The Morgan fingerprint density at radius 2 is 0.952 bits per heavy atom. The fourth-order valence-electron chi connectivity index (χ4n) is 5.85. The van der Waals surface area contributed by atoms with Gasteiger partial charge in [-0.25, -0.2) is 4.79 Å². The zero-order chi connectivity index (χ0) is 33.4. The van der Waals surface area contributed by atoms with Crippen LogP contribution in [0.15, 0.2) is 12.7 Å². The van der Waals surface area contributed by atoms with Gasteiger partial charge in [-0.2, -0.15) is 0 Å². The Hall–Kier alpha value is 0.488. The number of hydrogen-bond acceptors (Lipinski definition) is 8. The minimum atomic E-state index is -3.03. The third kappa shape index (κ3) is 15.2. The van der Waals surface area contributed by atoms with Crippen LogP contribution in [0.1, 0.15) is 60.3 Å². The predicted molar refractivity (Wildman–Crippen MR) is 193 cm³/mol. The minimum Gasteiger partial charge on any atom is -0.491 e. The summed E-state index contributed by atoms with van der Waals surface area (Å²) in [7, 11) is -18.1. The standard InChI is InChI=1S/C27H66O8Si7/c1-19-23-24-36(7,8)30-37(9,10)31-38(11,12)32-39(13,14)33-40(15,16)34-41(17,18)35-42(25(5)20-2,26(6)21-3)29-27(28)22-4/h22,25-26H,4,19-21,23-24H2,1-3,5-18H3. The summed E-state index contributed by atoms with van der Waals surface area (Å²) in [5, 5.41) is 0. The van der Waals surface area contributed by atoms with E-state index in [4.69, 9.17) is 29.1 Å². The van der Waals surface area contributed by atoms with Crippen molar-refractivity contribution in [3.05, 3.63) is 12.7 Å². The van der Waals surface area contributed by atoms with Crippen LogP contribution in [-0.2, 0) is 33.9 Å². The molecule has 0 aromatic carbocycles. The number of carbonyl (C=O) groups is 1. The van der Waals surface area contributed by atoms with Crippen LogP contribution in [0.2, 0.25) is 95.7 Å². The summed E-state index contributed by atoms with van der Waals surface area (Å²) in [6.45, 7) is 39.6. The molecule has 0 aliphatic heterocycles. The summed E-state index contributed by atoms with van der Waals surface area (Å²) in [5.74, 6) is -0.430. The van der Waals surface area contributed by atoms with E-state index in [9.17, 15) is 4.79 Å². The molecule has 0 radical (unpaired) electrons. The molecule has 0 saturated carbocycles. The van der Waals surface area contributed by atoms with Gasteiger partial charge in [0.1, 0.15) is 0 Å². The van der Waals surface area contributed by atoms with Gasteiger partial charge in [0, 0.05) is 17.2 Å². The maximum atomic E-state index is 12.5. The van der Waals surface area contributed by atoms with Crippen molar-refractivity contribution in [1.82, 2.24) is 0 Å². The van der Waals surface area contributed by atoms with Crippen LogP contribution in [-0.4, -0.2) is 65.7 Å². The Kier molecular flexibility index (Phi) is 16.5. The maximum absolute atomic E-state index is 12.5. The van der Waals surface area contributed by atoms with E-state index < -0.39 is 65.7 Å². The lowest BCUT2D eigenvalue weighted by Gasteiger charge is -2.46. The minimum absolute atomic E-state index is 0.0975. The van der Waals surface area contributed by atoms with Gasteiger partial charge in [0.15, 0.2) is 8.32 Å². The van der Waals surface area contributed by atoms with Crippen LogP contribution in [0.3, 0.4) is 0 Å². The molecule has 2 unspecified atom stereocenters. The van der Waals surface area contributed by atoms with Crippen molar-refractivity contribution in [3.8, 4) is 0 Å². The monoisotopic (exact) mass is 714 g/mol. The molecule has 0 aliphatic carbocycles. The fourth-order valence-corrected chi connectivity index (χ4v) is 42.2. The average molecular weight is 715 g/mol. The Balaban J connectivity index is 5.83. The quantitative estimate of drug-likeness (QED) is 0.0860. The third-order valence-electron chi connectivity index (χ3n) is 7.05.